The minimum absolute atomic E-state index is 0.0129. The standard InChI is InChI=1S/C18H25N5O3S/c1-11-4-6-22(7-5-11)10-23-13-9-15(26-3)14(25-2)8-12(13)16(17(23)24)20-21-18(19)27/h8-9,11,24H,4-7,10H2,1-3H3,(H2,19,27). The Bertz CT molecular complexity index is 872. The maximum absolute atomic E-state index is 10.9. The number of benzene rings is 1. The van der Waals surface area contributed by atoms with Crippen molar-refractivity contribution < 1.29 is 14.6 Å². The Labute approximate surface area is 163 Å². The van der Waals surface area contributed by atoms with Gasteiger partial charge in [0.25, 0.3) is 0 Å². The number of thiocarbonyl (C=S) groups is 1. The summed E-state index contributed by atoms with van der Waals surface area (Å²) in [7, 11) is 3.14. The molecule has 1 aromatic carbocycles. The van der Waals surface area contributed by atoms with Gasteiger partial charge in [0, 0.05) is 24.5 Å². The number of aromatic nitrogens is 1. The molecular formula is C18H25N5O3S. The molecule has 0 atom stereocenters. The maximum Gasteiger partial charge on any atom is 0.221 e. The SMILES string of the molecule is COc1cc2c(N=NC(N)=S)c(O)n(CN3CCC(C)CC3)c2cc1OC. The zero-order chi connectivity index (χ0) is 19.6. The monoisotopic (exact) mass is 391 g/mol. The predicted molar refractivity (Wildman–Crippen MR) is 108 cm³/mol. The van der Waals surface area contributed by atoms with Gasteiger partial charge >= 0.3 is 0 Å². The first-order chi connectivity index (χ1) is 12.9. The molecule has 0 radical (unpaired) electrons. The number of fused-ring (bicyclic) bond motifs is 1. The van der Waals surface area contributed by atoms with Crippen LogP contribution in [0, 0.1) is 5.92 Å². The van der Waals surface area contributed by atoms with Crippen LogP contribution < -0.4 is 15.2 Å². The highest BCUT2D eigenvalue weighted by Gasteiger charge is 2.23. The van der Waals surface area contributed by atoms with Gasteiger partial charge in [0.2, 0.25) is 11.0 Å². The van der Waals surface area contributed by atoms with E-state index in [4.69, 9.17) is 27.4 Å². The van der Waals surface area contributed by atoms with Crippen LogP contribution in [0.5, 0.6) is 17.4 Å². The Kier molecular flexibility index (Phi) is 5.81. The fourth-order valence-electron chi connectivity index (χ4n) is 3.39. The quantitative estimate of drug-likeness (QED) is 0.599. The zero-order valence-corrected chi connectivity index (χ0v) is 16.6. The Morgan fingerprint density at radius 2 is 1.89 bits per heavy atom. The summed E-state index contributed by atoms with van der Waals surface area (Å²) in [6.07, 6.45) is 2.29. The molecule has 9 heteroatoms. The maximum atomic E-state index is 10.9. The minimum Gasteiger partial charge on any atom is -0.493 e. The summed E-state index contributed by atoms with van der Waals surface area (Å²) in [6, 6.07) is 3.61. The van der Waals surface area contributed by atoms with Crippen LogP contribution >= 0.6 is 12.2 Å². The van der Waals surface area contributed by atoms with E-state index in [0.717, 1.165) is 37.4 Å². The summed E-state index contributed by atoms with van der Waals surface area (Å²) in [5, 5.41) is 19.3. The number of nitrogens with zero attached hydrogens (tertiary/aromatic N) is 4. The molecule has 1 aliphatic rings. The van der Waals surface area contributed by atoms with Crippen molar-refractivity contribution in [1.82, 2.24) is 9.47 Å². The third-order valence-electron chi connectivity index (χ3n) is 4.98. The van der Waals surface area contributed by atoms with Gasteiger partial charge in [-0.2, -0.15) is 0 Å². The van der Waals surface area contributed by atoms with E-state index in [9.17, 15) is 5.11 Å². The summed E-state index contributed by atoms with van der Waals surface area (Å²) in [6.45, 7) is 4.78. The fraction of sp³-hybridized carbons (Fsp3) is 0.500. The van der Waals surface area contributed by atoms with Gasteiger partial charge in [0.05, 0.1) is 26.4 Å². The minimum atomic E-state index is -0.0965. The molecule has 3 rings (SSSR count). The summed E-state index contributed by atoms with van der Waals surface area (Å²) < 4.78 is 12.6. The largest absolute Gasteiger partial charge is 0.493 e. The Morgan fingerprint density at radius 3 is 2.48 bits per heavy atom. The van der Waals surface area contributed by atoms with E-state index < -0.39 is 0 Å². The summed E-state index contributed by atoms with van der Waals surface area (Å²) in [4.78, 5) is 2.31. The number of likely N-dealkylation sites (tertiary alicyclic amines) is 1. The molecule has 1 fully saturated rings. The van der Waals surface area contributed by atoms with Gasteiger partial charge < -0.3 is 20.3 Å². The van der Waals surface area contributed by atoms with Gasteiger partial charge in [0.1, 0.15) is 0 Å². The number of ether oxygens (including phenoxy) is 2. The topological polar surface area (TPSA) is 97.6 Å². The third-order valence-corrected chi connectivity index (χ3v) is 5.06. The number of azo groups is 1. The average Bonchev–Trinajstić information content (AvgIpc) is 2.91. The van der Waals surface area contributed by atoms with Gasteiger partial charge in [-0.05, 0) is 37.0 Å². The van der Waals surface area contributed by atoms with Gasteiger partial charge in [0.15, 0.2) is 17.2 Å². The number of methoxy groups -OCH3 is 2. The third kappa shape index (κ3) is 3.98. The lowest BCUT2D eigenvalue weighted by atomic mass is 10.00. The van der Waals surface area contributed by atoms with Crippen molar-refractivity contribution in [2.24, 2.45) is 21.9 Å². The number of nitrogens with two attached hydrogens (primary N) is 1. The van der Waals surface area contributed by atoms with Crippen molar-refractivity contribution in [3.63, 3.8) is 0 Å². The average molecular weight is 391 g/mol. The number of piperidine rings is 1. The number of hydrogen-bond donors (Lipinski definition) is 2. The highest BCUT2D eigenvalue weighted by atomic mass is 32.1. The van der Waals surface area contributed by atoms with Gasteiger partial charge in [-0.25, -0.2) is 0 Å². The second-order valence-corrected chi connectivity index (χ2v) is 7.22. The molecule has 0 bridgehead atoms. The summed E-state index contributed by atoms with van der Waals surface area (Å²) in [5.41, 5.74) is 6.52. The van der Waals surface area contributed by atoms with E-state index in [2.05, 4.69) is 22.1 Å². The fourth-order valence-corrected chi connectivity index (χ4v) is 3.43. The van der Waals surface area contributed by atoms with Crippen LogP contribution in [0.3, 0.4) is 0 Å². The van der Waals surface area contributed by atoms with Crippen molar-refractivity contribution in [3.8, 4) is 17.4 Å². The molecule has 0 aliphatic carbocycles. The van der Waals surface area contributed by atoms with Crippen LogP contribution in [-0.4, -0.2) is 47.0 Å². The van der Waals surface area contributed by atoms with E-state index in [1.807, 2.05) is 6.07 Å². The molecule has 8 nitrogen and oxygen atoms in total. The lowest BCUT2D eigenvalue weighted by molar-refractivity contribution is 0.151. The Balaban J connectivity index is 2.10. The second-order valence-electron chi connectivity index (χ2n) is 6.80. The van der Waals surface area contributed by atoms with E-state index >= 15 is 0 Å². The molecule has 2 heterocycles. The van der Waals surface area contributed by atoms with Crippen molar-refractivity contribution in [1.29, 1.82) is 0 Å². The Morgan fingerprint density at radius 1 is 1.26 bits per heavy atom. The molecule has 1 aliphatic heterocycles. The van der Waals surface area contributed by atoms with Crippen LogP contribution in [0.1, 0.15) is 19.8 Å². The zero-order valence-electron chi connectivity index (χ0n) is 15.8. The molecular weight excluding hydrogens is 366 g/mol. The van der Waals surface area contributed by atoms with E-state index in [1.54, 1.807) is 24.9 Å². The second kappa shape index (κ2) is 8.10. The van der Waals surface area contributed by atoms with Crippen molar-refractivity contribution in [3.05, 3.63) is 12.1 Å². The van der Waals surface area contributed by atoms with Crippen LogP contribution in [-0.2, 0) is 6.67 Å². The first kappa shape index (κ1) is 19.4. The lowest BCUT2D eigenvalue weighted by Gasteiger charge is -2.30. The van der Waals surface area contributed by atoms with Crippen molar-refractivity contribution in [2.75, 3.05) is 27.3 Å². The van der Waals surface area contributed by atoms with Gasteiger partial charge in [-0.1, -0.05) is 6.92 Å². The highest BCUT2D eigenvalue weighted by Crippen LogP contribution is 2.44. The molecule has 1 saturated heterocycles. The number of hydrogen-bond acceptors (Lipinski definition) is 6. The van der Waals surface area contributed by atoms with Crippen molar-refractivity contribution >= 4 is 33.9 Å². The Hall–Kier alpha value is -2.39. The molecule has 3 N–H and O–H groups in total. The molecule has 27 heavy (non-hydrogen) atoms. The molecule has 2 aromatic rings. The lowest BCUT2D eigenvalue weighted by Crippen LogP contribution is -2.34. The molecule has 0 saturated carbocycles. The number of rotatable bonds is 5. The predicted octanol–water partition coefficient (Wildman–Crippen LogP) is 3.38. The van der Waals surface area contributed by atoms with Crippen LogP contribution in [0.4, 0.5) is 5.69 Å². The van der Waals surface area contributed by atoms with E-state index in [-0.39, 0.29) is 11.0 Å². The van der Waals surface area contributed by atoms with Gasteiger partial charge in [-0.15, -0.1) is 10.2 Å². The molecule has 0 spiro atoms. The molecule has 0 unspecified atom stereocenters. The van der Waals surface area contributed by atoms with Crippen LogP contribution in [0.25, 0.3) is 10.9 Å². The van der Waals surface area contributed by atoms with E-state index in [0.29, 0.717) is 29.2 Å². The highest BCUT2D eigenvalue weighted by molar-refractivity contribution is 7.80. The molecule has 0 amide bonds. The van der Waals surface area contributed by atoms with Crippen molar-refractivity contribution in [2.45, 2.75) is 26.4 Å². The van der Waals surface area contributed by atoms with Crippen LogP contribution in [0.2, 0.25) is 0 Å². The normalized spacial score (nSPS) is 16.3. The number of aromatic hydroxyl groups is 1. The smallest absolute Gasteiger partial charge is 0.221 e. The van der Waals surface area contributed by atoms with Crippen LogP contribution in [0.15, 0.2) is 22.4 Å². The summed E-state index contributed by atoms with van der Waals surface area (Å²) in [5.74, 6) is 1.86. The molecule has 146 valence electrons. The van der Waals surface area contributed by atoms with E-state index in [1.165, 1.54) is 0 Å². The first-order valence-electron chi connectivity index (χ1n) is 8.85. The van der Waals surface area contributed by atoms with Gasteiger partial charge in [-0.3, -0.25) is 9.47 Å². The molecule has 1 aromatic heterocycles. The summed E-state index contributed by atoms with van der Waals surface area (Å²) >= 11 is 4.77. The first-order valence-corrected chi connectivity index (χ1v) is 9.26.